The summed E-state index contributed by atoms with van der Waals surface area (Å²) in [5, 5.41) is 3.41. The smallest absolute Gasteiger partial charge is 0.144 e. The summed E-state index contributed by atoms with van der Waals surface area (Å²) in [6, 6.07) is 7.40. The van der Waals surface area contributed by atoms with E-state index in [1.54, 1.807) is 6.20 Å². The third-order valence-electron chi connectivity index (χ3n) is 4.46. The van der Waals surface area contributed by atoms with E-state index in [0.29, 0.717) is 27.8 Å². The maximum atomic E-state index is 13.7. The van der Waals surface area contributed by atoms with Gasteiger partial charge in [0.05, 0.1) is 28.9 Å². The topological polar surface area (TPSA) is 47.0 Å². The molecule has 36 heavy (non-hydrogen) atoms. The number of nitrogens with one attached hydrogen (secondary N) is 1. The summed E-state index contributed by atoms with van der Waals surface area (Å²) in [6.45, 7) is 17.8. The number of aromatic nitrogens is 2. The highest BCUT2D eigenvalue weighted by Gasteiger charge is 2.12. The molecule has 3 aromatic rings. The second kappa shape index (κ2) is 18.3. The third kappa shape index (κ3) is 9.94. The van der Waals surface area contributed by atoms with E-state index in [2.05, 4.69) is 15.3 Å². The van der Waals surface area contributed by atoms with Crippen molar-refractivity contribution in [3.8, 4) is 17.0 Å². The average molecular weight is 520 g/mol. The van der Waals surface area contributed by atoms with Crippen LogP contribution in [0.2, 0.25) is 5.02 Å². The molecule has 0 bridgehead atoms. The van der Waals surface area contributed by atoms with Crippen molar-refractivity contribution in [2.45, 2.75) is 75.3 Å². The van der Waals surface area contributed by atoms with E-state index in [9.17, 15) is 8.78 Å². The molecule has 0 spiro atoms. The highest BCUT2D eigenvalue weighted by atomic mass is 35.5. The van der Waals surface area contributed by atoms with Crippen LogP contribution in [0.1, 0.15) is 72.9 Å². The predicted molar refractivity (Wildman–Crippen MR) is 150 cm³/mol. The van der Waals surface area contributed by atoms with Crippen molar-refractivity contribution in [1.82, 2.24) is 9.97 Å². The number of aryl methyl sites for hydroxylation is 1. The fourth-order valence-corrected chi connectivity index (χ4v) is 3.22. The fourth-order valence-electron chi connectivity index (χ4n) is 2.90. The van der Waals surface area contributed by atoms with Crippen LogP contribution in [-0.2, 0) is 6.54 Å². The standard InChI is InChI=1S/C23H22ClF2N3O.3C2H6/c1-4-6-15(3)30-22-10-16(18(24)9-14(22)2)21-12-29-23(13-27-21)28-11-17-19(25)7-5-8-20(17)26;3*1-2/h5-10,12-13H,4,11H2,1-3H3,(H,28,29);3*1-2H3/b15-6-;;;. The molecule has 3 rings (SSSR count). The molecule has 0 aliphatic rings. The van der Waals surface area contributed by atoms with E-state index in [4.69, 9.17) is 16.3 Å². The second-order valence-corrected chi connectivity index (χ2v) is 7.17. The van der Waals surface area contributed by atoms with Crippen molar-refractivity contribution >= 4 is 17.4 Å². The minimum atomic E-state index is -0.613. The summed E-state index contributed by atoms with van der Waals surface area (Å²) in [6.07, 6.45) is 5.91. The molecule has 0 atom stereocenters. The molecule has 0 fully saturated rings. The normalized spacial score (nSPS) is 10.1. The van der Waals surface area contributed by atoms with Crippen LogP contribution in [0.4, 0.5) is 14.6 Å². The Hall–Kier alpha value is -2.99. The third-order valence-corrected chi connectivity index (χ3v) is 4.78. The number of anilines is 1. The van der Waals surface area contributed by atoms with Gasteiger partial charge in [0.1, 0.15) is 23.2 Å². The van der Waals surface area contributed by atoms with Crippen LogP contribution in [-0.4, -0.2) is 9.97 Å². The Bertz CT molecular complexity index is 1050. The minimum absolute atomic E-state index is 0.0428. The number of nitrogens with zero attached hydrogens (tertiary/aromatic N) is 2. The van der Waals surface area contributed by atoms with Crippen molar-refractivity contribution in [3.05, 3.63) is 82.3 Å². The molecule has 0 amide bonds. The molecule has 1 heterocycles. The maximum absolute atomic E-state index is 13.7. The molecule has 0 aliphatic heterocycles. The second-order valence-electron chi connectivity index (χ2n) is 6.76. The lowest BCUT2D eigenvalue weighted by Crippen LogP contribution is -2.06. The van der Waals surface area contributed by atoms with Crippen molar-refractivity contribution in [1.29, 1.82) is 0 Å². The van der Waals surface area contributed by atoms with Gasteiger partial charge in [-0.15, -0.1) is 0 Å². The monoisotopic (exact) mass is 519 g/mol. The lowest BCUT2D eigenvalue weighted by Gasteiger charge is -2.13. The Labute approximate surface area is 220 Å². The van der Waals surface area contributed by atoms with Crippen molar-refractivity contribution in [2.75, 3.05) is 5.32 Å². The first kappa shape index (κ1) is 33.0. The average Bonchev–Trinajstić information content (AvgIpc) is 2.89. The number of rotatable bonds is 7. The van der Waals surface area contributed by atoms with Gasteiger partial charge in [-0.05, 0) is 56.2 Å². The zero-order valence-corrected chi connectivity index (χ0v) is 23.7. The zero-order valence-electron chi connectivity index (χ0n) is 23.0. The van der Waals surface area contributed by atoms with Crippen LogP contribution in [0.25, 0.3) is 11.3 Å². The molecule has 4 nitrogen and oxygen atoms in total. The van der Waals surface area contributed by atoms with Gasteiger partial charge in [-0.2, -0.15) is 0 Å². The van der Waals surface area contributed by atoms with E-state index in [1.165, 1.54) is 24.4 Å². The molecule has 1 aromatic heterocycles. The lowest BCUT2D eigenvalue weighted by molar-refractivity contribution is 0.422. The van der Waals surface area contributed by atoms with Gasteiger partial charge in [0.2, 0.25) is 0 Å². The summed E-state index contributed by atoms with van der Waals surface area (Å²) >= 11 is 6.41. The van der Waals surface area contributed by atoms with Gasteiger partial charge < -0.3 is 10.1 Å². The summed E-state index contributed by atoms with van der Waals surface area (Å²) in [4.78, 5) is 8.67. The van der Waals surface area contributed by atoms with Crippen LogP contribution < -0.4 is 10.1 Å². The Balaban J connectivity index is 0.00000190. The van der Waals surface area contributed by atoms with Gasteiger partial charge in [0.15, 0.2) is 0 Å². The van der Waals surface area contributed by atoms with Gasteiger partial charge in [-0.25, -0.2) is 13.8 Å². The number of benzene rings is 2. The highest BCUT2D eigenvalue weighted by molar-refractivity contribution is 6.33. The fraction of sp³-hybridized carbons (Fsp3) is 0.379. The van der Waals surface area contributed by atoms with Gasteiger partial charge in [-0.1, -0.05) is 66.1 Å². The Kier molecular flexibility index (Phi) is 16.8. The summed E-state index contributed by atoms with van der Waals surface area (Å²) in [5.41, 5.74) is 2.10. The van der Waals surface area contributed by atoms with Crippen LogP contribution in [0.5, 0.6) is 5.75 Å². The first-order valence-corrected chi connectivity index (χ1v) is 12.9. The minimum Gasteiger partial charge on any atom is -0.462 e. The van der Waals surface area contributed by atoms with E-state index in [1.807, 2.05) is 80.5 Å². The van der Waals surface area contributed by atoms with E-state index < -0.39 is 11.6 Å². The molecule has 198 valence electrons. The SMILES string of the molecule is CC.CC.CC.CC/C=C(/C)Oc1cc(-c2cnc(NCc3c(F)cccc3F)cn2)c(Cl)cc1C. The first-order chi connectivity index (χ1) is 17.4. The largest absolute Gasteiger partial charge is 0.462 e. The van der Waals surface area contributed by atoms with Gasteiger partial charge in [0, 0.05) is 17.7 Å². The Morgan fingerprint density at radius 1 is 1.00 bits per heavy atom. The zero-order chi connectivity index (χ0) is 27.7. The number of hydrogen-bond donors (Lipinski definition) is 1. The molecule has 0 saturated heterocycles. The van der Waals surface area contributed by atoms with Crippen molar-refractivity contribution in [2.24, 2.45) is 0 Å². The quantitative estimate of drug-likeness (QED) is 0.315. The van der Waals surface area contributed by atoms with Gasteiger partial charge in [-0.3, -0.25) is 4.98 Å². The van der Waals surface area contributed by atoms with Crippen LogP contribution >= 0.6 is 11.6 Å². The molecule has 1 N–H and O–H groups in total. The predicted octanol–water partition coefficient (Wildman–Crippen LogP) is 9.77. The molecule has 0 aliphatic carbocycles. The number of halogens is 3. The van der Waals surface area contributed by atoms with Crippen LogP contribution in [0.15, 0.2) is 54.6 Å². The number of ether oxygens (including phenoxy) is 1. The van der Waals surface area contributed by atoms with Crippen molar-refractivity contribution < 1.29 is 13.5 Å². The first-order valence-electron chi connectivity index (χ1n) is 12.5. The van der Waals surface area contributed by atoms with E-state index >= 15 is 0 Å². The molecule has 0 radical (unpaired) electrons. The molecular weight excluding hydrogens is 480 g/mol. The van der Waals surface area contributed by atoms with Crippen molar-refractivity contribution in [3.63, 3.8) is 0 Å². The highest BCUT2D eigenvalue weighted by Crippen LogP contribution is 2.34. The Morgan fingerprint density at radius 2 is 1.61 bits per heavy atom. The Morgan fingerprint density at radius 3 is 2.14 bits per heavy atom. The summed E-state index contributed by atoms with van der Waals surface area (Å²) in [5.74, 6) is 0.662. The lowest BCUT2D eigenvalue weighted by atomic mass is 10.1. The van der Waals surface area contributed by atoms with Crippen LogP contribution in [0.3, 0.4) is 0 Å². The van der Waals surface area contributed by atoms with Crippen LogP contribution in [0, 0.1) is 18.6 Å². The molecule has 2 aromatic carbocycles. The molecule has 7 heteroatoms. The van der Waals surface area contributed by atoms with Gasteiger partial charge >= 0.3 is 0 Å². The number of hydrogen-bond acceptors (Lipinski definition) is 4. The summed E-state index contributed by atoms with van der Waals surface area (Å²) in [7, 11) is 0. The molecule has 0 unspecified atom stereocenters. The van der Waals surface area contributed by atoms with E-state index in [-0.39, 0.29) is 12.1 Å². The molecular formula is C29H40ClF2N3O. The summed E-state index contributed by atoms with van der Waals surface area (Å²) < 4.78 is 33.4. The number of allylic oxidation sites excluding steroid dienone is 2. The molecule has 0 saturated carbocycles. The van der Waals surface area contributed by atoms with Gasteiger partial charge in [0.25, 0.3) is 0 Å². The van der Waals surface area contributed by atoms with E-state index in [0.717, 1.165) is 17.7 Å². The maximum Gasteiger partial charge on any atom is 0.144 e.